The molecule has 1 fully saturated rings. The minimum Gasteiger partial charge on any atom is -0.492 e. The molecule has 1 atom stereocenters. The monoisotopic (exact) mass is 270 g/mol. The number of nitrogens with one attached hydrogen (secondary N) is 1. The SMILES string of the molecule is CCOc1ccc(C(=O)C2CCCN2)c2cccnc12. The van der Waals surface area contributed by atoms with E-state index in [4.69, 9.17) is 4.74 Å². The van der Waals surface area contributed by atoms with E-state index in [1.807, 2.05) is 31.2 Å². The highest BCUT2D eigenvalue weighted by atomic mass is 16.5. The Kier molecular flexibility index (Phi) is 3.65. The first-order chi connectivity index (χ1) is 9.81. The molecule has 0 radical (unpaired) electrons. The molecule has 0 saturated carbocycles. The molecule has 0 aliphatic carbocycles. The molecule has 1 unspecified atom stereocenters. The Morgan fingerprint density at radius 1 is 1.45 bits per heavy atom. The lowest BCUT2D eigenvalue weighted by molar-refractivity contribution is 0.0954. The van der Waals surface area contributed by atoms with Gasteiger partial charge in [0.05, 0.1) is 12.6 Å². The third-order valence-electron chi connectivity index (χ3n) is 3.67. The summed E-state index contributed by atoms with van der Waals surface area (Å²) in [7, 11) is 0. The van der Waals surface area contributed by atoms with Crippen molar-refractivity contribution in [1.82, 2.24) is 10.3 Å². The molecule has 20 heavy (non-hydrogen) atoms. The van der Waals surface area contributed by atoms with Crippen LogP contribution in [0, 0.1) is 0 Å². The molecule has 1 aromatic carbocycles. The number of rotatable bonds is 4. The van der Waals surface area contributed by atoms with E-state index >= 15 is 0 Å². The van der Waals surface area contributed by atoms with Gasteiger partial charge in [0.15, 0.2) is 5.78 Å². The summed E-state index contributed by atoms with van der Waals surface area (Å²) in [5, 5.41) is 4.13. The van der Waals surface area contributed by atoms with Gasteiger partial charge in [-0.3, -0.25) is 9.78 Å². The maximum Gasteiger partial charge on any atom is 0.180 e. The van der Waals surface area contributed by atoms with Gasteiger partial charge in [-0.1, -0.05) is 6.07 Å². The zero-order chi connectivity index (χ0) is 13.9. The van der Waals surface area contributed by atoms with Crippen LogP contribution in [0.4, 0.5) is 0 Å². The van der Waals surface area contributed by atoms with E-state index in [1.54, 1.807) is 6.20 Å². The number of nitrogens with zero attached hydrogens (tertiary/aromatic N) is 1. The molecule has 4 nitrogen and oxygen atoms in total. The second-order valence-electron chi connectivity index (χ2n) is 4.96. The van der Waals surface area contributed by atoms with Gasteiger partial charge in [0, 0.05) is 17.1 Å². The Labute approximate surface area is 118 Å². The quantitative estimate of drug-likeness (QED) is 0.868. The summed E-state index contributed by atoms with van der Waals surface area (Å²) in [6, 6.07) is 7.44. The van der Waals surface area contributed by atoms with Crippen LogP contribution in [0.5, 0.6) is 5.75 Å². The molecule has 2 heterocycles. The molecule has 1 N–H and O–H groups in total. The normalized spacial score (nSPS) is 18.4. The van der Waals surface area contributed by atoms with E-state index in [-0.39, 0.29) is 11.8 Å². The molecule has 1 aliphatic rings. The van der Waals surface area contributed by atoms with Gasteiger partial charge < -0.3 is 10.1 Å². The zero-order valence-corrected chi connectivity index (χ0v) is 11.6. The maximum atomic E-state index is 12.6. The van der Waals surface area contributed by atoms with Crippen molar-refractivity contribution in [2.75, 3.05) is 13.2 Å². The number of pyridine rings is 1. The average Bonchev–Trinajstić information content (AvgIpc) is 3.01. The fraction of sp³-hybridized carbons (Fsp3) is 0.375. The van der Waals surface area contributed by atoms with Crippen LogP contribution in [0.25, 0.3) is 10.9 Å². The number of hydrogen-bond donors (Lipinski definition) is 1. The van der Waals surface area contributed by atoms with Crippen LogP contribution in [-0.4, -0.2) is 30.0 Å². The molecule has 1 aliphatic heterocycles. The maximum absolute atomic E-state index is 12.6. The Hall–Kier alpha value is -1.94. The van der Waals surface area contributed by atoms with E-state index in [9.17, 15) is 4.79 Å². The minimum absolute atomic E-state index is 0.0589. The predicted octanol–water partition coefficient (Wildman–Crippen LogP) is 2.57. The molecule has 104 valence electrons. The van der Waals surface area contributed by atoms with Crippen LogP contribution in [0.3, 0.4) is 0 Å². The number of benzene rings is 1. The Bertz CT molecular complexity index is 633. The lowest BCUT2D eigenvalue weighted by atomic mass is 9.98. The first-order valence-corrected chi connectivity index (χ1v) is 7.09. The van der Waals surface area contributed by atoms with Crippen molar-refractivity contribution in [2.45, 2.75) is 25.8 Å². The Morgan fingerprint density at radius 3 is 3.10 bits per heavy atom. The van der Waals surface area contributed by atoms with E-state index < -0.39 is 0 Å². The molecular weight excluding hydrogens is 252 g/mol. The number of ether oxygens (including phenoxy) is 1. The second-order valence-corrected chi connectivity index (χ2v) is 4.96. The number of Topliss-reactive ketones (excluding diaryl/α,β-unsaturated/α-hetero) is 1. The first kappa shape index (κ1) is 13.1. The van der Waals surface area contributed by atoms with Crippen molar-refractivity contribution in [3.63, 3.8) is 0 Å². The second kappa shape index (κ2) is 5.59. The van der Waals surface area contributed by atoms with Gasteiger partial charge in [0.1, 0.15) is 11.3 Å². The van der Waals surface area contributed by atoms with Crippen molar-refractivity contribution in [3.05, 3.63) is 36.0 Å². The summed E-state index contributed by atoms with van der Waals surface area (Å²) >= 11 is 0. The van der Waals surface area contributed by atoms with Crippen LogP contribution < -0.4 is 10.1 Å². The van der Waals surface area contributed by atoms with Gasteiger partial charge in [0.25, 0.3) is 0 Å². The first-order valence-electron chi connectivity index (χ1n) is 7.09. The van der Waals surface area contributed by atoms with Gasteiger partial charge in [-0.05, 0) is 44.5 Å². The molecule has 0 spiro atoms. The fourth-order valence-corrected chi connectivity index (χ4v) is 2.73. The van der Waals surface area contributed by atoms with Crippen molar-refractivity contribution in [1.29, 1.82) is 0 Å². The van der Waals surface area contributed by atoms with Gasteiger partial charge in [-0.25, -0.2) is 0 Å². The van der Waals surface area contributed by atoms with Crippen molar-refractivity contribution in [2.24, 2.45) is 0 Å². The highest BCUT2D eigenvalue weighted by Crippen LogP contribution is 2.28. The van der Waals surface area contributed by atoms with Crippen LogP contribution in [-0.2, 0) is 0 Å². The average molecular weight is 270 g/mol. The number of carbonyl (C=O) groups is 1. The Balaban J connectivity index is 2.07. The van der Waals surface area contributed by atoms with Crippen LogP contribution in [0.15, 0.2) is 30.5 Å². The Morgan fingerprint density at radius 2 is 2.35 bits per heavy atom. The van der Waals surface area contributed by atoms with Gasteiger partial charge >= 0.3 is 0 Å². The molecule has 1 aromatic heterocycles. The molecule has 3 rings (SSSR count). The van der Waals surface area contributed by atoms with Crippen molar-refractivity contribution < 1.29 is 9.53 Å². The molecule has 4 heteroatoms. The highest BCUT2D eigenvalue weighted by molar-refractivity contribution is 6.11. The number of carbonyl (C=O) groups excluding carboxylic acids is 1. The van der Waals surface area contributed by atoms with E-state index in [0.717, 1.165) is 41.6 Å². The van der Waals surface area contributed by atoms with E-state index in [0.29, 0.717) is 6.61 Å². The molecular formula is C16H18N2O2. The standard InChI is InChI=1S/C16H18N2O2/c1-2-20-14-8-7-12(11-5-3-10-18-15(11)14)16(19)13-6-4-9-17-13/h3,5,7-8,10,13,17H,2,4,6,9H2,1H3. The minimum atomic E-state index is -0.0589. The number of ketones is 1. The number of fused-ring (bicyclic) bond motifs is 1. The summed E-state index contributed by atoms with van der Waals surface area (Å²) in [6.07, 6.45) is 3.70. The summed E-state index contributed by atoms with van der Waals surface area (Å²) in [5.74, 6) is 0.891. The molecule has 0 amide bonds. The van der Waals surface area contributed by atoms with Gasteiger partial charge in [-0.2, -0.15) is 0 Å². The highest BCUT2D eigenvalue weighted by Gasteiger charge is 2.25. The van der Waals surface area contributed by atoms with Crippen LogP contribution in [0.1, 0.15) is 30.1 Å². The third-order valence-corrected chi connectivity index (χ3v) is 3.67. The van der Waals surface area contributed by atoms with E-state index in [1.165, 1.54) is 0 Å². The van der Waals surface area contributed by atoms with Crippen molar-refractivity contribution in [3.8, 4) is 5.75 Å². The van der Waals surface area contributed by atoms with Gasteiger partial charge in [0.2, 0.25) is 0 Å². The summed E-state index contributed by atoms with van der Waals surface area (Å²) in [4.78, 5) is 17.0. The summed E-state index contributed by atoms with van der Waals surface area (Å²) in [6.45, 7) is 3.45. The summed E-state index contributed by atoms with van der Waals surface area (Å²) < 4.78 is 5.59. The van der Waals surface area contributed by atoms with Crippen LogP contribution in [0.2, 0.25) is 0 Å². The predicted molar refractivity (Wildman–Crippen MR) is 78.3 cm³/mol. The molecule has 0 bridgehead atoms. The third kappa shape index (κ3) is 2.27. The number of aromatic nitrogens is 1. The van der Waals surface area contributed by atoms with Gasteiger partial charge in [-0.15, -0.1) is 0 Å². The fourth-order valence-electron chi connectivity index (χ4n) is 2.73. The largest absolute Gasteiger partial charge is 0.492 e. The smallest absolute Gasteiger partial charge is 0.180 e. The lowest BCUT2D eigenvalue weighted by Crippen LogP contribution is -2.30. The lowest BCUT2D eigenvalue weighted by Gasteiger charge is -2.13. The van der Waals surface area contributed by atoms with Crippen molar-refractivity contribution >= 4 is 16.7 Å². The van der Waals surface area contributed by atoms with E-state index in [2.05, 4.69) is 10.3 Å². The van der Waals surface area contributed by atoms with Crippen LogP contribution >= 0.6 is 0 Å². The molecule has 1 saturated heterocycles. The summed E-state index contributed by atoms with van der Waals surface area (Å²) in [5.41, 5.74) is 1.49. The number of hydrogen-bond acceptors (Lipinski definition) is 4. The zero-order valence-electron chi connectivity index (χ0n) is 11.6. The molecule has 2 aromatic rings. The topological polar surface area (TPSA) is 51.2 Å².